The Morgan fingerprint density at radius 1 is 1.05 bits per heavy atom. The second-order valence-electron chi connectivity index (χ2n) is 9.62. The summed E-state index contributed by atoms with van der Waals surface area (Å²) >= 11 is 1.52. The Bertz CT molecular complexity index is 1320. The van der Waals surface area contributed by atoms with E-state index in [4.69, 9.17) is 4.98 Å². The number of piperidine rings is 1. The smallest absolute Gasteiger partial charge is 0.260 e. The fourth-order valence-corrected chi connectivity index (χ4v) is 7.60. The molecule has 0 spiro atoms. The number of carbonyl (C=O) groups is 1. The summed E-state index contributed by atoms with van der Waals surface area (Å²) in [7, 11) is -3.59. The number of fused-ring (bicyclic) bond motifs is 1. The van der Waals surface area contributed by atoms with E-state index >= 15 is 0 Å². The van der Waals surface area contributed by atoms with Gasteiger partial charge in [-0.1, -0.05) is 44.6 Å². The molecule has 200 valence electrons. The molecule has 0 bridgehead atoms. The third-order valence-corrected chi connectivity index (χ3v) is 10.4. The van der Waals surface area contributed by atoms with Gasteiger partial charge in [0.15, 0.2) is 5.13 Å². The highest BCUT2D eigenvalue weighted by Crippen LogP contribution is 2.31. The number of aryl methyl sites for hydroxylation is 1. The lowest BCUT2D eigenvalue weighted by Gasteiger charge is -2.32. The quantitative estimate of drug-likeness (QED) is 0.343. The van der Waals surface area contributed by atoms with Crippen molar-refractivity contribution >= 4 is 42.6 Å². The minimum atomic E-state index is -3.59. The van der Waals surface area contributed by atoms with E-state index in [0.717, 1.165) is 55.5 Å². The van der Waals surface area contributed by atoms with Gasteiger partial charge in [0.1, 0.15) is 0 Å². The molecule has 37 heavy (non-hydrogen) atoms. The van der Waals surface area contributed by atoms with Crippen molar-refractivity contribution < 1.29 is 13.2 Å². The van der Waals surface area contributed by atoms with Gasteiger partial charge in [0.05, 0.1) is 15.1 Å². The first-order chi connectivity index (χ1) is 17.8. The van der Waals surface area contributed by atoms with Crippen LogP contribution in [-0.4, -0.2) is 67.3 Å². The Kier molecular flexibility index (Phi) is 9.00. The molecule has 9 heteroatoms. The van der Waals surface area contributed by atoms with E-state index in [-0.39, 0.29) is 16.8 Å². The first-order valence-electron chi connectivity index (χ1n) is 13.3. The van der Waals surface area contributed by atoms with Crippen molar-refractivity contribution in [1.29, 1.82) is 0 Å². The highest BCUT2D eigenvalue weighted by atomic mass is 32.2. The van der Waals surface area contributed by atoms with Crippen LogP contribution < -0.4 is 4.90 Å². The van der Waals surface area contributed by atoms with E-state index < -0.39 is 10.0 Å². The van der Waals surface area contributed by atoms with Gasteiger partial charge in [0.25, 0.3) is 5.91 Å². The third kappa shape index (κ3) is 6.06. The van der Waals surface area contributed by atoms with Gasteiger partial charge in [-0.15, -0.1) is 0 Å². The molecule has 0 N–H and O–H groups in total. The molecule has 7 nitrogen and oxygen atoms in total. The number of sulfonamides is 1. The number of aromatic nitrogens is 1. The van der Waals surface area contributed by atoms with Gasteiger partial charge in [-0.3, -0.25) is 9.69 Å². The SMILES string of the molecule is CCc1ccc2nc(N(CCN(CC)CC)C(=O)c3ccc(S(=O)(=O)N4CCCCC4C)cc3)sc2c1. The van der Waals surface area contributed by atoms with E-state index in [9.17, 15) is 13.2 Å². The molecular formula is C28H38N4O3S2. The number of amides is 1. The molecule has 1 aliphatic heterocycles. The molecular weight excluding hydrogens is 504 g/mol. The van der Waals surface area contributed by atoms with E-state index in [1.54, 1.807) is 33.5 Å². The Morgan fingerprint density at radius 3 is 2.43 bits per heavy atom. The van der Waals surface area contributed by atoms with Gasteiger partial charge < -0.3 is 4.90 Å². The van der Waals surface area contributed by atoms with Crippen LogP contribution in [0.2, 0.25) is 0 Å². The monoisotopic (exact) mass is 542 g/mol. The van der Waals surface area contributed by atoms with Crippen molar-refractivity contribution in [3.05, 3.63) is 53.6 Å². The molecule has 1 aliphatic rings. The van der Waals surface area contributed by atoms with Crippen LogP contribution in [0.15, 0.2) is 47.4 Å². The fourth-order valence-electron chi connectivity index (χ4n) is 4.85. The lowest BCUT2D eigenvalue weighted by molar-refractivity contribution is 0.0983. The Balaban J connectivity index is 1.62. The lowest BCUT2D eigenvalue weighted by Crippen LogP contribution is -2.42. The molecule has 1 saturated heterocycles. The molecule has 4 rings (SSSR count). The zero-order chi connectivity index (χ0) is 26.6. The lowest BCUT2D eigenvalue weighted by atomic mass is 10.1. The van der Waals surface area contributed by atoms with Gasteiger partial charge in [-0.2, -0.15) is 4.31 Å². The molecule has 1 fully saturated rings. The Hall–Kier alpha value is -2.33. The predicted molar refractivity (Wildman–Crippen MR) is 152 cm³/mol. The van der Waals surface area contributed by atoms with E-state index in [1.165, 1.54) is 16.9 Å². The number of thiazole rings is 1. The summed E-state index contributed by atoms with van der Waals surface area (Å²) < 4.78 is 29.1. The number of likely N-dealkylation sites (N-methyl/N-ethyl adjacent to an activating group) is 1. The first kappa shape index (κ1) is 27.7. The van der Waals surface area contributed by atoms with Crippen molar-refractivity contribution in [2.75, 3.05) is 37.6 Å². The van der Waals surface area contributed by atoms with Crippen LogP contribution in [0.3, 0.4) is 0 Å². The maximum absolute atomic E-state index is 13.8. The number of hydrogen-bond acceptors (Lipinski definition) is 6. The Labute approximate surface area is 225 Å². The molecule has 1 amide bonds. The number of anilines is 1. The zero-order valence-electron chi connectivity index (χ0n) is 22.3. The predicted octanol–water partition coefficient (Wildman–Crippen LogP) is 5.41. The average Bonchev–Trinajstić information content (AvgIpc) is 3.34. The summed E-state index contributed by atoms with van der Waals surface area (Å²) in [5, 5.41) is 0.666. The fraction of sp³-hybridized carbons (Fsp3) is 0.500. The van der Waals surface area contributed by atoms with Crippen LogP contribution in [0.4, 0.5) is 5.13 Å². The summed E-state index contributed by atoms with van der Waals surface area (Å²) in [6, 6.07) is 12.6. The molecule has 0 saturated carbocycles. The summed E-state index contributed by atoms with van der Waals surface area (Å²) in [4.78, 5) is 22.8. The topological polar surface area (TPSA) is 73.8 Å². The number of benzene rings is 2. The summed E-state index contributed by atoms with van der Waals surface area (Å²) in [5.41, 5.74) is 2.58. The molecule has 3 aromatic rings. The zero-order valence-corrected chi connectivity index (χ0v) is 23.9. The first-order valence-corrected chi connectivity index (χ1v) is 15.6. The average molecular weight is 543 g/mol. The van der Waals surface area contributed by atoms with Gasteiger partial charge in [-0.05, 0) is 81.2 Å². The number of hydrogen-bond donors (Lipinski definition) is 0. The summed E-state index contributed by atoms with van der Waals surface area (Å²) in [5.74, 6) is -0.169. The molecule has 0 radical (unpaired) electrons. The van der Waals surface area contributed by atoms with Gasteiger partial charge in [0, 0.05) is 31.2 Å². The van der Waals surface area contributed by atoms with Crippen LogP contribution in [0.1, 0.15) is 62.9 Å². The third-order valence-electron chi connectivity index (χ3n) is 7.31. The van der Waals surface area contributed by atoms with E-state index in [2.05, 4.69) is 37.8 Å². The molecule has 2 aromatic carbocycles. The maximum Gasteiger partial charge on any atom is 0.260 e. The van der Waals surface area contributed by atoms with Crippen molar-refractivity contribution in [2.45, 2.75) is 64.3 Å². The van der Waals surface area contributed by atoms with Crippen molar-refractivity contribution in [3.8, 4) is 0 Å². The second-order valence-corrected chi connectivity index (χ2v) is 12.5. The van der Waals surface area contributed by atoms with Crippen LogP contribution >= 0.6 is 11.3 Å². The van der Waals surface area contributed by atoms with Crippen molar-refractivity contribution in [1.82, 2.24) is 14.2 Å². The standard InChI is InChI=1S/C28H38N4O3S2/c1-5-22-11-16-25-26(20-22)36-28(29-25)31(19-18-30(6-2)7-3)27(33)23-12-14-24(15-13-23)37(34,35)32-17-9-8-10-21(32)4/h11-16,20-21H,5-10,17-19H2,1-4H3. The minimum absolute atomic E-state index is 0.0112. The summed E-state index contributed by atoms with van der Waals surface area (Å²) in [6.45, 7) is 11.9. The molecule has 1 aromatic heterocycles. The van der Waals surface area contributed by atoms with Crippen LogP contribution in [-0.2, 0) is 16.4 Å². The van der Waals surface area contributed by atoms with Crippen LogP contribution in [0.5, 0.6) is 0 Å². The van der Waals surface area contributed by atoms with Crippen molar-refractivity contribution in [3.63, 3.8) is 0 Å². The maximum atomic E-state index is 13.8. The van der Waals surface area contributed by atoms with Crippen LogP contribution in [0, 0.1) is 0 Å². The van der Waals surface area contributed by atoms with Gasteiger partial charge in [-0.25, -0.2) is 13.4 Å². The molecule has 0 aliphatic carbocycles. The van der Waals surface area contributed by atoms with Gasteiger partial charge in [0.2, 0.25) is 10.0 Å². The largest absolute Gasteiger partial charge is 0.302 e. The van der Waals surface area contributed by atoms with Crippen molar-refractivity contribution in [2.24, 2.45) is 0 Å². The van der Waals surface area contributed by atoms with E-state index in [1.807, 2.05) is 13.0 Å². The highest BCUT2D eigenvalue weighted by molar-refractivity contribution is 7.89. The van der Waals surface area contributed by atoms with E-state index in [0.29, 0.717) is 23.8 Å². The number of nitrogens with zero attached hydrogens (tertiary/aromatic N) is 4. The minimum Gasteiger partial charge on any atom is -0.302 e. The van der Waals surface area contributed by atoms with Gasteiger partial charge >= 0.3 is 0 Å². The molecule has 1 atom stereocenters. The normalized spacial score (nSPS) is 16.9. The molecule has 1 unspecified atom stereocenters. The second kappa shape index (κ2) is 12.0. The number of rotatable bonds is 10. The number of carbonyl (C=O) groups excluding carboxylic acids is 1. The highest BCUT2D eigenvalue weighted by Gasteiger charge is 2.31. The van der Waals surface area contributed by atoms with Crippen LogP contribution in [0.25, 0.3) is 10.2 Å². The Morgan fingerprint density at radius 2 is 1.78 bits per heavy atom. The summed E-state index contributed by atoms with van der Waals surface area (Å²) in [6.07, 6.45) is 3.75. The molecule has 2 heterocycles.